The van der Waals surface area contributed by atoms with Gasteiger partial charge in [-0.3, -0.25) is 9.59 Å². The summed E-state index contributed by atoms with van der Waals surface area (Å²) in [5, 5.41) is 2.68. The Labute approximate surface area is 125 Å². The average molecular weight is 300 g/mol. The van der Waals surface area contributed by atoms with Crippen LogP contribution in [0.1, 0.15) is 29.8 Å². The molecule has 0 saturated carbocycles. The van der Waals surface area contributed by atoms with E-state index in [1.807, 2.05) is 26.0 Å². The van der Waals surface area contributed by atoms with Crippen molar-refractivity contribution in [3.05, 3.63) is 35.4 Å². The van der Waals surface area contributed by atoms with Crippen LogP contribution >= 0.6 is 12.4 Å². The number of benzene rings is 1. The SMILES string of the molecule is CCN(CC)C(=O)c1ccc(CNC(=O)CN)cc1.Cl. The fourth-order valence-corrected chi connectivity index (χ4v) is 1.73. The molecule has 0 radical (unpaired) electrons. The van der Waals surface area contributed by atoms with E-state index in [2.05, 4.69) is 5.32 Å². The monoisotopic (exact) mass is 299 g/mol. The first kappa shape index (κ1) is 18.4. The van der Waals surface area contributed by atoms with Crippen molar-refractivity contribution in [3.8, 4) is 0 Å². The van der Waals surface area contributed by atoms with E-state index in [4.69, 9.17) is 5.73 Å². The zero-order valence-electron chi connectivity index (χ0n) is 11.9. The molecule has 6 heteroatoms. The predicted molar refractivity (Wildman–Crippen MR) is 81.8 cm³/mol. The highest BCUT2D eigenvalue weighted by Crippen LogP contribution is 2.07. The molecule has 0 aromatic heterocycles. The van der Waals surface area contributed by atoms with Crippen LogP contribution in [0.5, 0.6) is 0 Å². The number of carbonyl (C=O) groups is 2. The van der Waals surface area contributed by atoms with Crippen molar-refractivity contribution in [3.63, 3.8) is 0 Å². The molecule has 0 unspecified atom stereocenters. The van der Waals surface area contributed by atoms with Crippen LogP contribution in [0.15, 0.2) is 24.3 Å². The molecule has 5 nitrogen and oxygen atoms in total. The van der Waals surface area contributed by atoms with E-state index in [0.29, 0.717) is 25.2 Å². The number of nitrogens with two attached hydrogens (primary N) is 1. The first-order valence-electron chi connectivity index (χ1n) is 6.47. The minimum absolute atomic E-state index is 0. The van der Waals surface area contributed by atoms with Gasteiger partial charge in [-0.05, 0) is 31.5 Å². The Balaban J connectivity index is 0.00000361. The predicted octanol–water partition coefficient (Wildman–Crippen LogP) is 1.17. The number of nitrogens with one attached hydrogen (secondary N) is 1. The summed E-state index contributed by atoms with van der Waals surface area (Å²) in [5.74, 6) is -0.161. The Hall–Kier alpha value is -1.59. The zero-order chi connectivity index (χ0) is 14.3. The molecule has 0 saturated heterocycles. The van der Waals surface area contributed by atoms with Gasteiger partial charge in [0, 0.05) is 25.2 Å². The van der Waals surface area contributed by atoms with E-state index >= 15 is 0 Å². The van der Waals surface area contributed by atoms with E-state index in [0.717, 1.165) is 5.56 Å². The van der Waals surface area contributed by atoms with Crippen molar-refractivity contribution in [2.75, 3.05) is 19.6 Å². The number of amides is 2. The molecule has 0 spiro atoms. The highest BCUT2D eigenvalue weighted by molar-refractivity contribution is 5.94. The van der Waals surface area contributed by atoms with Gasteiger partial charge in [-0.25, -0.2) is 0 Å². The summed E-state index contributed by atoms with van der Waals surface area (Å²) in [6.45, 7) is 5.72. The van der Waals surface area contributed by atoms with Crippen LogP contribution in [0.25, 0.3) is 0 Å². The van der Waals surface area contributed by atoms with Gasteiger partial charge in [0.15, 0.2) is 0 Å². The number of hydrogen-bond acceptors (Lipinski definition) is 3. The fourth-order valence-electron chi connectivity index (χ4n) is 1.73. The Bertz CT molecular complexity index is 431. The van der Waals surface area contributed by atoms with Crippen LogP contribution < -0.4 is 11.1 Å². The summed E-state index contributed by atoms with van der Waals surface area (Å²) in [4.78, 5) is 24.9. The van der Waals surface area contributed by atoms with E-state index < -0.39 is 0 Å². The lowest BCUT2D eigenvalue weighted by Gasteiger charge is -2.18. The molecule has 2 amide bonds. The van der Waals surface area contributed by atoms with Crippen molar-refractivity contribution >= 4 is 24.2 Å². The quantitative estimate of drug-likeness (QED) is 0.828. The molecular weight excluding hydrogens is 278 g/mol. The van der Waals surface area contributed by atoms with Crippen LogP contribution in [0.4, 0.5) is 0 Å². The molecule has 0 heterocycles. The maximum absolute atomic E-state index is 12.1. The molecule has 0 aliphatic heterocycles. The third kappa shape index (κ3) is 5.19. The zero-order valence-corrected chi connectivity index (χ0v) is 12.7. The molecule has 1 aromatic carbocycles. The van der Waals surface area contributed by atoms with Crippen LogP contribution in [-0.4, -0.2) is 36.3 Å². The lowest BCUT2D eigenvalue weighted by atomic mass is 10.1. The normalized spacial score (nSPS) is 9.55. The number of rotatable bonds is 6. The Kier molecular flexibility index (Phi) is 8.59. The third-order valence-electron chi connectivity index (χ3n) is 2.93. The molecule has 0 atom stereocenters. The highest BCUT2D eigenvalue weighted by atomic mass is 35.5. The molecule has 0 bridgehead atoms. The van der Waals surface area contributed by atoms with Gasteiger partial charge in [0.25, 0.3) is 5.91 Å². The van der Waals surface area contributed by atoms with Crippen molar-refractivity contribution in [1.82, 2.24) is 10.2 Å². The fraction of sp³-hybridized carbons (Fsp3) is 0.429. The Morgan fingerprint density at radius 3 is 2.15 bits per heavy atom. The molecular formula is C14H22ClN3O2. The molecule has 0 fully saturated rings. The van der Waals surface area contributed by atoms with E-state index in [1.54, 1.807) is 17.0 Å². The van der Waals surface area contributed by atoms with Crippen molar-refractivity contribution in [1.29, 1.82) is 0 Å². The van der Waals surface area contributed by atoms with Crippen LogP contribution in [0, 0.1) is 0 Å². The second-order valence-electron chi connectivity index (χ2n) is 4.16. The third-order valence-corrected chi connectivity index (χ3v) is 2.93. The summed E-state index contributed by atoms with van der Waals surface area (Å²) >= 11 is 0. The van der Waals surface area contributed by atoms with E-state index in [1.165, 1.54) is 0 Å². The highest BCUT2D eigenvalue weighted by Gasteiger charge is 2.11. The van der Waals surface area contributed by atoms with Gasteiger partial charge in [-0.15, -0.1) is 12.4 Å². The van der Waals surface area contributed by atoms with Gasteiger partial charge >= 0.3 is 0 Å². The standard InChI is InChI=1S/C14H21N3O2.ClH/c1-3-17(4-2)14(19)12-7-5-11(6-8-12)10-16-13(18)9-15;/h5-8H,3-4,9-10,15H2,1-2H3,(H,16,18);1H. The maximum Gasteiger partial charge on any atom is 0.253 e. The van der Waals surface area contributed by atoms with Gasteiger partial charge in [0.2, 0.25) is 5.91 Å². The summed E-state index contributed by atoms with van der Waals surface area (Å²) in [7, 11) is 0. The van der Waals surface area contributed by atoms with Gasteiger partial charge in [0.1, 0.15) is 0 Å². The van der Waals surface area contributed by atoms with Crippen LogP contribution in [0.2, 0.25) is 0 Å². The van der Waals surface area contributed by atoms with Gasteiger partial charge in [-0.1, -0.05) is 12.1 Å². The molecule has 20 heavy (non-hydrogen) atoms. The average Bonchev–Trinajstić information content (AvgIpc) is 2.46. The molecule has 3 N–H and O–H groups in total. The summed E-state index contributed by atoms with van der Waals surface area (Å²) in [6, 6.07) is 7.25. The number of hydrogen-bond donors (Lipinski definition) is 2. The summed E-state index contributed by atoms with van der Waals surface area (Å²) in [6.07, 6.45) is 0. The second-order valence-corrected chi connectivity index (χ2v) is 4.16. The maximum atomic E-state index is 12.1. The van der Waals surface area contributed by atoms with Crippen molar-refractivity contribution < 1.29 is 9.59 Å². The molecule has 1 rings (SSSR count). The van der Waals surface area contributed by atoms with E-state index in [9.17, 15) is 9.59 Å². The summed E-state index contributed by atoms with van der Waals surface area (Å²) in [5.41, 5.74) is 6.81. The topological polar surface area (TPSA) is 75.4 Å². The first-order chi connectivity index (χ1) is 9.12. The van der Waals surface area contributed by atoms with Crippen molar-refractivity contribution in [2.24, 2.45) is 5.73 Å². The molecule has 112 valence electrons. The summed E-state index contributed by atoms with van der Waals surface area (Å²) < 4.78 is 0. The number of halogens is 1. The lowest BCUT2D eigenvalue weighted by Crippen LogP contribution is -2.30. The minimum atomic E-state index is -0.191. The van der Waals surface area contributed by atoms with Crippen molar-refractivity contribution in [2.45, 2.75) is 20.4 Å². The largest absolute Gasteiger partial charge is 0.351 e. The first-order valence-corrected chi connectivity index (χ1v) is 6.47. The van der Waals surface area contributed by atoms with E-state index in [-0.39, 0.29) is 30.8 Å². The minimum Gasteiger partial charge on any atom is -0.351 e. The van der Waals surface area contributed by atoms with Crippen LogP contribution in [-0.2, 0) is 11.3 Å². The number of carbonyl (C=O) groups excluding carboxylic acids is 2. The molecule has 1 aromatic rings. The van der Waals surface area contributed by atoms with Crippen LogP contribution in [0.3, 0.4) is 0 Å². The number of nitrogens with zero attached hydrogens (tertiary/aromatic N) is 1. The van der Waals surface area contributed by atoms with Gasteiger partial charge in [0.05, 0.1) is 6.54 Å². The smallest absolute Gasteiger partial charge is 0.253 e. The molecule has 0 aliphatic carbocycles. The van der Waals surface area contributed by atoms with Gasteiger partial charge in [-0.2, -0.15) is 0 Å². The Morgan fingerprint density at radius 2 is 1.70 bits per heavy atom. The second kappa shape index (κ2) is 9.34. The molecule has 0 aliphatic rings. The lowest BCUT2D eigenvalue weighted by molar-refractivity contribution is -0.119. The Morgan fingerprint density at radius 1 is 1.15 bits per heavy atom. The van der Waals surface area contributed by atoms with Gasteiger partial charge < -0.3 is 16.0 Å².